The first kappa shape index (κ1) is 11.3. The highest BCUT2D eigenvalue weighted by Gasteiger charge is 2.23. The quantitative estimate of drug-likeness (QED) is 0.766. The van der Waals surface area contributed by atoms with E-state index in [-0.39, 0.29) is 6.61 Å². The van der Waals surface area contributed by atoms with Crippen molar-refractivity contribution in [2.45, 2.75) is 13.2 Å². The van der Waals surface area contributed by atoms with E-state index in [0.717, 1.165) is 11.1 Å². The standard InChI is InChI=1S/C9H12N3O3P/c1-14-16(13)12-11-10-6-8-4-2-3-5-9(8)7-15-16/h2-5H,6-7H2,1H3,(H,10,12,13). The van der Waals surface area contributed by atoms with Crippen LogP contribution in [0.3, 0.4) is 0 Å². The fraction of sp³-hybridized carbons (Fsp3) is 0.333. The molecule has 1 aromatic carbocycles. The molecule has 0 aromatic heterocycles. The Bertz CT molecular complexity index is 449. The zero-order chi connectivity index (χ0) is 11.4. The number of hydrogen-bond donors (Lipinski definition) is 1. The summed E-state index contributed by atoms with van der Waals surface area (Å²) in [5.74, 6) is 0. The Hall–Kier alpha value is -1.23. The normalized spacial score (nSPS) is 24.8. The molecule has 0 aliphatic carbocycles. The molecular formula is C9H12N3O3P. The van der Waals surface area contributed by atoms with Gasteiger partial charge in [0.25, 0.3) is 0 Å². The van der Waals surface area contributed by atoms with E-state index in [0.29, 0.717) is 6.54 Å². The first-order chi connectivity index (χ1) is 7.73. The maximum absolute atomic E-state index is 11.8. The predicted molar refractivity (Wildman–Crippen MR) is 57.5 cm³/mol. The Morgan fingerprint density at radius 2 is 2.19 bits per heavy atom. The SMILES string of the molecule is COP1(=O)NN=NCc2ccccc2CO1. The van der Waals surface area contributed by atoms with Gasteiger partial charge in [0.2, 0.25) is 0 Å². The third-order valence-corrected chi connectivity index (χ3v) is 3.51. The van der Waals surface area contributed by atoms with Gasteiger partial charge in [-0.3, -0.25) is 9.05 Å². The lowest BCUT2D eigenvalue weighted by atomic mass is 10.1. The molecule has 6 nitrogen and oxygen atoms in total. The van der Waals surface area contributed by atoms with Gasteiger partial charge in [-0.2, -0.15) is 10.3 Å². The van der Waals surface area contributed by atoms with Gasteiger partial charge in [0.1, 0.15) is 0 Å². The summed E-state index contributed by atoms with van der Waals surface area (Å²) in [5.41, 5.74) is 1.93. The Morgan fingerprint density at radius 1 is 1.44 bits per heavy atom. The van der Waals surface area contributed by atoms with Gasteiger partial charge in [0, 0.05) is 7.11 Å². The van der Waals surface area contributed by atoms with E-state index in [1.165, 1.54) is 7.11 Å². The average molecular weight is 241 g/mol. The second-order valence-corrected chi connectivity index (χ2v) is 5.04. The first-order valence-corrected chi connectivity index (χ1v) is 6.29. The zero-order valence-corrected chi connectivity index (χ0v) is 9.68. The van der Waals surface area contributed by atoms with Crippen molar-refractivity contribution in [3.63, 3.8) is 0 Å². The number of rotatable bonds is 1. The Balaban J connectivity index is 2.28. The van der Waals surface area contributed by atoms with Crippen molar-refractivity contribution < 1.29 is 13.6 Å². The van der Waals surface area contributed by atoms with Gasteiger partial charge in [-0.15, -0.1) is 0 Å². The molecule has 16 heavy (non-hydrogen) atoms. The summed E-state index contributed by atoms with van der Waals surface area (Å²) >= 11 is 0. The van der Waals surface area contributed by atoms with Crippen molar-refractivity contribution in [3.8, 4) is 0 Å². The second-order valence-electron chi connectivity index (χ2n) is 3.22. The van der Waals surface area contributed by atoms with Crippen LogP contribution in [-0.2, 0) is 26.8 Å². The number of nitrogens with zero attached hydrogens (tertiary/aromatic N) is 2. The van der Waals surface area contributed by atoms with Crippen molar-refractivity contribution in [2.24, 2.45) is 10.3 Å². The lowest BCUT2D eigenvalue weighted by molar-refractivity contribution is 0.216. The van der Waals surface area contributed by atoms with E-state index in [1.807, 2.05) is 24.3 Å². The van der Waals surface area contributed by atoms with Gasteiger partial charge < -0.3 is 0 Å². The maximum Gasteiger partial charge on any atom is 0.449 e. The van der Waals surface area contributed by atoms with Gasteiger partial charge in [-0.1, -0.05) is 29.5 Å². The molecule has 1 aliphatic heterocycles. The molecule has 0 radical (unpaired) electrons. The van der Waals surface area contributed by atoms with Crippen LogP contribution in [-0.4, -0.2) is 7.11 Å². The lowest BCUT2D eigenvalue weighted by Gasteiger charge is -2.13. The van der Waals surface area contributed by atoms with E-state index >= 15 is 0 Å². The van der Waals surface area contributed by atoms with E-state index < -0.39 is 7.75 Å². The molecule has 86 valence electrons. The van der Waals surface area contributed by atoms with Crippen LogP contribution in [0.1, 0.15) is 11.1 Å². The monoisotopic (exact) mass is 241 g/mol. The molecule has 1 unspecified atom stereocenters. The van der Waals surface area contributed by atoms with Crippen LogP contribution < -0.4 is 5.20 Å². The summed E-state index contributed by atoms with van der Waals surface area (Å²) in [7, 11) is -2.06. The third kappa shape index (κ3) is 2.47. The van der Waals surface area contributed by atoms with Crippen molar-refractivity contribution in [1.29, 1.82) is 0 Å². The smallest absolute Gasteiger partial charge is 0.295 e. The minimum atomic E-state index is -3.36. The molecule has 0 amide bonds. The molecule has 0 saturated heterocycles. The summed E-state index contributed by atoms with van der Waals surface area (Å²) in [5, 5.41) is 9.72. The molecule has 1 atom stereocenters. The summed E-state index contributed by atoms with van der Waals surface area (Å²) in [4.78, 5) is 0. The van der Waals surface area contributed by atoms with Gasteiger partial charge in [-0.05, 0) is 11.1 Å². The maximum atomic E-state index is 11.8. The molecule has 0 bridgehead atoms. The van der Waals surface area contributed by atoms with Crippen LogP contribution in [0.25, 0.3) is 0 Å². The minimum absolute atomic E-state index is 0.208. The summed E-state index contributed by atoms with van der Waals surface area (Å²) < 4.78 is 21.8. The van der Waals surface area contributed by atoms with Crippen LogP contribution >= 0.6 is 7.75 Å². The number of hydrogen-bond acceptors (Lipinski definition) is 5. The fourth-order valence-corrected chi connectivity index (χ4v) is 2.05. The van der Waals surface area contributed by atoms with Gasteiger partial charge in [0.15, 0.2) is 0 Å². The van der Waals surface area contributed by atoms with Crippen LogP contribution in [0, 0.1) is 0 Å². The van der Waals surface area contributed by atoms with Crippen molar-refractivity contribution in [1.82, 2.24) is 5.20 Å². The highest BCUT2D eigenvalue weighted by atomic mass is 31.2. The van der Waals surface area contributed by atoms with E-state index in [2.05, 4.69) is 15.5 Å². The van der Waals surface area contributed by atoms with E-state index in [9.17, 15) is 4.57 Å². The predicted octanol–water partition coefficient (Wildman–Crippen LogP) is 2.43. The number of benzene rings is 1. The van der Waals surface area contributed by atoms with Gasteiger partial charge in [0.05, 0.1) is 13.2 Å². The molecule has 1 heterocycles. The molecule has 1 N–H and O–H groups in total. The molecule has 1 aliphatic rings. The molecule has 1 aromatic rings. The van der Waals surface area contributed by atoms with Crippen molar-refractivity contribution in [2.75, 3.05) is 7.11 Å². The largest absolute Gasteiger partial charge is 0.449 e. The van der Waals surface area contributed by atoms with Crippen LogP contribution in [0.5, 0.6) is 0 Å². The van der Waals surface area contributed by atoms with E-state index in [1.54, 1.807) is 0 Å². The van der Waals surface area contributed by atoms with Crippen LogP contribution in [0.2, 0.25) is 0 Å². The van der Waals surface area contributed by atoms with Crippen molar-refractivity contribution in [3.05, 3.63) is 35.4 Å². The molecule has 0 spiro atoms. The van der Waals surface area contributed by atoms with Crippen LogP contribution in [0.4, 0.5) is 0 Å². The average Bonchev–Trinajstić information content (AvgIpc) is 2.40. The molecular weight excluding hydrogens is 229 g/mol. The Kier molecular flexibility index (Phi) is 3.33. The Morgan fingerprint density at radius 3 is 2.94 bits per heavy atom. The molecule has 0 fully saturated rings. The molecule has 7 heteroatoms. The fourth-order valence-electron chi connectivity index (χ4n) is 1.33. The number of nitrogens with one attached hydrogen (secondary N) is 1. The van der Waals surface area contributed by atoms with Crippen LogP contribution in [0.15, 0.2) is 34.6 Å². The van der Waals surface area contributed by atoms with Crippen molar-refractivity contribution >= 4 is 7.75 Å². The Labute approximate surface area is 93.2 Å². The summed E-state index contributed by atoms with van der Waals surface area (Å²) in [6, 6.07) is 7.63. The second kappa shape index (κ2) is 4.74. The highest BCUT2D eigenvalue weighted by molar-refractivity contribution is 7.51. The van der Waals surface area contributed by atoms with E-state index in [4.69, 9.17) is 9.05 Å². The molecule has 0 saturated carbocycles. The topological polar surface area (TPSA) is 72.3 Å². The lowest BCUT2D eigenvalue weighted by Crippen LogP contribution is -2.06. The minimum Gasteiger partial charge on any atom is -0.295 e. The highest BCUT2D eigenvalue weighted by Crippen LogP contribution is 2.44. The van der Waals surface area contributed by atoms with Gasteiger partial charge >= 0.3 is 7.75 Å². The third-order valence-electron chi connectivity index (χ3n) is 2.23. The summed E-state index contributed by atoms with van der Waals surface area (Å²) in [6.45, 7) is 0.635. The first-order valence-electron chi connectivity index (χ1n) is 4.74. The zero-order valence-electron chi connectivity index (χ0n) is 8.79. The number of fused-ring (bicyclic) bond motifs is 1. The molecule has 2 rings (SSSR count). The summed E-state index contributed by atoms with van der Waals surface area (Å²) in [6.07, 6.45) is 0. The van der Waals surface area contributed by atoms with Gasteiger partial charge in [-0.25, -0.2) is 4.57 Å².